The van der Waals surface area contributed by atoms with E-state index < -0.39 is 0 Å². The summed E-state index contributed by atoms with van der Waals surface area (Å²) in [5.74, 6) is 1.39. The SMILES string of the molecule is COc1ccc(C[C@H](NC(=O)c2cnns2)c2ccc(OC)cc2)cc1. The number of methoxy groups -OCH3 is 2. The zero-order valence-corrected chi connectivity index (χ0v) is 15.3. The van der Waals surface area contributed by atoms with Crippen LogP contribution in [-0.4, -0.2) is 29.7 Å². The molecule has 1 aromatic heterocycles. The van der Waals surface area contributed by atoms with E-state index in [1.54, 1.807) is 14.2 Å². The fraction of sp³-hybridized carbons (Fsp3) is 0.211. The van der Waals surface area contributed by atoms with E-state index in [0.717, 1.165) is 34.2 Å². The average Bonchev–Trinajstić information content (AvgIpc) is 3.23. The maximum absolute atomic E-state index is 12.5. The third kappa shape index (κ3) is 4.37. The molecule has 2 aromatic carbocycles. The molecular weight excluding hydrogens is 350 g/mol. The average molecular weight is 369 g/mol. The number of nitrogens with zero attached hydrogens (tertiary/aromatic N) is 2. The second-order valence-electron chi connectivity index (χ2n) is 5.63. The van der Waals surface area contributed by atoms with E-state index in [1.165, 1.54) is 6.20 Å². The third-order valence-corrected chi connectivity index (χ3v) is 4.67. The van der Waals surface area contributed by atoms with Crippen molar-refractivity contribution in [3.63, 3.8) is 0 Å². The minimum absolute atomic E-state index is 0.186. The lowest BCUT2D eigenvalue weighted by molar-refractivity contribution is 0.0940. The van der Waals surface area contributed by atoms with Crippen LogP contribution in [0.5, 0.6) is 11.5 Å². The Morgan fingerprint density at radius 1 is 1.04 bits per heavy atom. The number of hydrogen-bond donors (Lipinski definition) is 1. The van der Waals surface area contributed by atoms with Crippen LogP contribution < -0.4 is 14.8 Å². The highest BCUT2D eigenvalue weighted by atomic mass is 32.1. The number of carbonyl (C=O) groups is 1. The molecule has 0 fully saturated rings. The highest BCUT2D eigenvalue weighted by molar-refractivity contribution is 7.07. The molecule has 0 aliphatic rings. The van der Waals surface area contributed by atoms with Gasteiger partial charge in [-0.1, -0.05) is 28.8 Å². The molecule has 0 aliphatic heterocycles. The molecule has 0 unspecified atom stereocenters. The zero-order chi connectivity index (χ0) is 18.4. The fourth-order valence-corrected chi connectivity index (χ4v) is 3.00. The van der Waals surface area contributed by atoms with Gasteiger partial charge in [-0.25, -0.2) is 0 Å². The molecule has 1 amide bonds. The van der Waals surface area contributed by atoms with Gasteiger partial charge in [-0.2, -0.15) is 0 Å². The molecular formula is C19H19N3O3S. The molecule has 1 atom stereocenters. The van der Waals surface area contributed by atoms with Gasteiger partial charge in [0.05, 0.1) is 26.5 Å². The number of amides is 1. The molecule has 3 rings (SSSR count). The maximum atomic E-state index is 12.5. The van der Waals surface area contributed by atoms with E-state index in [9.17, 15) is 4.79 Å². The molecule has 0 radical (unpaired) electrons. The number of benzene rings is 2. The van der Waals surface area contributed by atoms with Gasteiger partial charge in [0, 0.05) is 0 Å². The molecule has 0 saturated heterocycles. The van der Waals surface area contributed by atoms with Crippen molar-refractivity contribution in [2.75, 3.05) is 14.2 Å². The number of rotatable bonds is 7. The summed E-state index contributed by atoms with van der Waals surface area (Å²) in [7, 11) is 3.26. The predicted octanol–water partition coefficient (Wildman–Crippen LogP) is 3.27. The van der Waals surface area contributed by atoms with Gasteiger partial charge >= 0.3 is 0 Å². The first-order chi connectivity index (χ1) is 12.7. The normalized spacial score (nSPS) is 11.6. The second-order valence-corrected chi connectivity index (χ2v) is 6.42. The number of nitrogens with one attached hydrogen (secondary N) is 1. The van der Waals surface area contributed by atoms with Gasteiger partial charge in [0.1, 0.15) is 16.4 Å². The van der Waals surface area contributed by atoms with Crippen LogP contribution >= 0.6 is 11.5 Å². The standard InChI is InChI=1S/C19H19N3O3S/c1-24-15-7-3-13(4-8-15)11-17(14-5-9-16(25-2)10-6-14)21-19(23)18-12-20-22-26-18/h3-10,12,17H,11H2,1-2H3,(H,21,23)/t17-/m0/s1. The van der Waals surface area contributed by atoms with Crippen LogP contribution in [0.3, 0.4) is 0 Å². The highest BCUT2D eigenvalue weighted by Gasteiger charge is 2.18. The Morgan fingerprint density at radius 2 is 1.65 bits per heavy atom. The predicted molar refractivity (Wildman–Crippen MR) is 99.8 cm³/mol. The summed E-state index contributed by atoms with van der Waals surface area (Å²) in [6.07, 6.45) is 2.12. The second kappa shape index (κ2) is 8.44. The van der Waals surface area contributed by atoms with Gasteiger partial charge in [0.15, 0.2) is 0 Å². The van der Waals surface area contributed by atoms with Crippen molar-refractivity contribution < 1.29 is 14.3 Å². The van der Waals surface area contributed by atoms with E-state index in [2.05, 4.69) is 14.9 Å². The fourth-order valence-electron chi connectivity index (χ4n) is 2.58. The quantitative estimate of drug-likeness (QED) is 0.692. The van der Waals surface area contributed by atoms with Gasteiger partial charge in [0.2, 0.25) is 0 Å². The van der Waals surface area contributed by atoms with Crippen LogP contribution in [0, 0.1) is 0 Å². The first-order valence-electron chi connectivity index (χ1n) is 8.04. The number of aromatic nitrogens is 2. The summed E-state index contributed by atoms with van der Waals surface area (Å²) in [5.41, 5.74) is 2.08. The Bertz CT molecular complexity index is 833. The minimum Gasteiger partial charge on any atom is -0.497 e. The summed E-state index contributed by atoms with van der Waals surface area (Å²) < 4.78 is 14.2. The summed E-state index contributed by atoms with van der Waals surface area (Å²) in [5, 5.41) is 6.80. The molecule has 1 N–H and O–H groups in total. The van der Waals surface area contributed by atoms with E-state index >= 15 is 0 Å². The summed E-state index contributed by atoms with van der Waals surface area (Å²) >= 11 is 1.08. The molecule has 0 saturated carbocycles. The first-order valence-corrected chi connectivity index (χ1v) is 8.82. The van der Waals surface area contributed by atoms with Gasteiger partial charge in [-0.3, -0.25) is 4.79 Å². The lowest BCUT2D eigenvalue weighted by Gasteiger charge is -2.19. The molecule has 134 valence electrons. The van der Waals surface area contributed by atoms with Crippen molar-refractivity contribution in [3.8, 4) is 11.5 Å². The van der Waals surface area contributed by atoms with Crippen LogP contribution in [0.4, 0.5) is 0 Å². The van der Waals surface area contributed by atoms with Crippen molar-refractivity contribution in [3.05, 3.63) is 70.7 Å². The number of hydrogen-bond acceptors (Lipinski definition) is 6. The van der Waals surface area contributed by atoms with Gasteiger partial charge in [0.25, 0.3) is 5.91 Å². The lowest BCUT2D eigenvalue weighted by atomic mass is 9.98. The van der Waals surface area contributed by atoms with Gasteiger partial charge in [-0.05, 0) is 53.3 Å². The summed E-state index contributed by atoms with van der Waals surface area (Å²) in [6, 6.07) is 15.3. The van der Waals surface area contributed by atoms with Crippen LogP contribution in [0.15, 0.2) is 54.7 Å². The van der Waals surface area contributed by atoms with Crippen LogP contribution in [0.1, 0.15) is 26.8 Å². The van der Waals surface area contributed by atoms with E-state index in [4.69, 9.17) is 9.47 Å². The molecule has 7 heteroatoms. The van der Waals surface area contributed by atoms with Crippen molar-refractivity contribution in [2.24, 2.45) is 0 Å². The van der Waals surface area contributed by atoms with E-state index in [-0.39, 0.29) is 11.9 Å². The van der Waals surface area contributed by atoms with E-state index in [0.29, 0.717) is 11.3 Å². The molecule has 1 heterocycles. The van der Waals surface area contributed by atoms with Gasteiger partial charge < -0.3 is 14.8 Å². The minimum atomic E-state index is -0.191. The first kappa shape index (κ1) is 17.9. The van der Waals surface area contributed by atoms with Gasteiger partial charge in [-0.15, -0.1) is 5.10 Å². The summed E-state index contributed by atoms with van der Waals surface area (Å²) in [6.45, 7) is 0. The van der Waals surface area contributed by atoms with Crippen molar-refractivity contribution >= 4 is 17.4 Å². The smallest absolute Gasteiger partial charge is 0.265 e. The molecule has 3 aromatic rings. The molecule has 6 nitrogen and oxygen atoms in total. The van der Waals surface area contributed by atoms with Crippen LogP contribution in [0.25, 0.3) is 0 Å². The largest absolute Gasteiger partial charge is 0.497 e. The Hall–Kier alpha value is -2.93. The monoisotopic (exact) mass is 369 g/mol. The Morgan fingerprint density at radius 3 is 2.19 bits per heavy atom. The van der Waals surface area contributed by atoms with Crippen molar-refractivity contribution in [1.82, 2.24) is 14.9 Å². The van der Waals surface area contributed by atoms with Crippen LogP contribution in [0.2, 0.25) is 0 Å². The van der Waals surface area contributed by atoms with Crippen LogP contribution in [-0.2, 0) is 6.42 Å². The number of carbonyl (C=O) groups excluding carboxylic acids is 1. The lowest BCUT2D eigenvalue weighted by Crippen LogP contribution is -2.29. The molecule has 0 aliphatic carbocycles. The Kier molecular flexibility index (Phi) is 5.80. The Balaban J connectivity index is 1.82. The van der Waals surface area contributed by atoms with Crippen molar-refractivity contribution in [2.45, 2.75) is 12.5 Å². The summed E-state index contributed by atoms with van der Waals surface area (Å²) in [4.78, 5) is 13.0. The maximum Gasteiger partial charge on any atom is 0.265 e. The molecule has 26 heavy (non-hydrogen) atoms. The van der Waals surface area contributed by atoms with Crippen molar-refractivity contribution in [1.29, 1.82) is 0 Å². The molecule has 0 spiro atoms. The number of ether oxygens (including phenoxy) is 2. The van der Waals surface area contributed by atoms with E-state index in [1.807, 2.05) is 48.5 Å². The highest BCUT2D eigenvalue weighted by Crippen LogP contribution is 2.23. The third-order valence-electron chi connectivity index (χ3n) is 4.01. The zero-order valence-electron chi connectivity index (χ0n) is 14.5. The Labute approximate surface area is 155 Å². The topological polar surface area (TPSA) is 73.3 Å². The molecule has 0 bridgehead atoms.